The number of rotatable bonds is 7. The molecule has 2 N–H and O–H groups in total. The van der Waals surface area contributed by atoms with Gasteiger partial charge in [-0.15, -0.1) is 0 Å². The van der Waals surface area contributed by atoms with Crippen molar-refractivity contribution in [3.05, 3.63) is 68.7 Å². The molecule has 0 unspecified atom stereocenters. The number of carbonyl (C=O) groups is 1. The van der Waals surface area contributed by atoms with Crippen molar-refractivity contribution in [1.82, 2.24) is 5.32 Å². The van der Waals surface area contributed by atoms with Crippen LogP contribution in [0.4, 0.5) is 8.78 Å². The van der Waals surface area contributed by atoms with Crippen LogP contribution in [0.15, 0.2) is 40.8 Å². The number of amides is 1. The van der Waals surface area contributed by atoms with Crippen LogP contribution in [0.3, 0.4) is 0 Å². The predicted molar refractivity (Wildman–Crippen MR) is 126 cm³/mol. The lowest BCUT2D eigenvalue weighted by molar-refractivity contribution is -0.122. The molecule has 0 spiro atoms. The van der Waals surface area contributed by atoms with E-state index in [1.807, 2.05) is 31.2 Å². The summed E-state index contributed by atoms with van der Waals surface area (Å²) in [5.41, 5.74) is 2.37. The Bertz CT molecular complexity index is 1090. The molecule has 2 aliphatic rings. The molecule has 2 aromatic rings. The molecular weight excluding hydrogens is 475 g/mol. The van der Waals surface area contributed by atoms with Crippen LogP contribution >= 0.6 is 35.1 Å². The monoisotopic (exact) mass is 495 g/mol. The van der Waals surface area contributed by atoms with Crippen LogP contribution in [0.2, 0.25) is 10.0 Å². The van der Waals surface area contributed by atoms with Gasteiger partial charge in [0.05, 0.1) is 16.8 Å². The predicted octanol–water partition coefficient (Wildman–Crippen LogP) is 6.90. The Balaban J connectivity index is 1.55. The van der Waals surface area contributed by atoms with Crippen LogP contribution in [0.5, 0.6) is 0 Å². The normalized spacial score (nSPS) is 21.4. The van der Waals surface area contributed by atoms with Gasteiger partial charge in [0.25, 0.3) is 6.43 Å². The zero-order valence-electron chi connectivity index (χ0n) is 17.2. The highest BCUT2D eigenvalue weighted by molar-refractivity contribution is 8.00. The van der Waals surface area contributed by atoms with Crippen molar-refractivity contribution >= 4 is 53.0 Å². The van der Waals surface area contributed by atoms with Crippen molar-refractivity contribution < 1.29 is 13.6 Å². The highest BCUT2D eigenvalue weighted by Crippen LogP contribution is 2.50. The van der Waals surface area contributed by atoms with Gasteiger partial charge in [0.2, 0.25) is 5.91 Å². The summed E-state index contributed by atoms with van der Waals surface area (Å²) in [6, 6.07) is 10.3. The number of benzene rings is 2. The van der Waals surface area contributed by atoms with E-state index in [0.29, 0.717) is 5.71 Å². The fraction of sp³-hybridized carbons (Fsp3) is 0.348. The maximum atomic E-state index is 13.8. The molecule has 0 aromatic heterocycles. The second-order valence-electron chi connectivity index (χ2n) is 8.12. The van der Waals surface area contributed by atoms with Gasteiger partial charge in [-0.2, -0.15) is 0 Å². The first kappa shape index (κ1) is 23.2. The van der Waals surface area contributed by atoms with Gasteiger partial charge in [-0.05, 0) is 60.5 Å². The Kier molecular flexibility index (Phi) is 6.61. The van der Waals surface area contributed by atoms with Crippen LogP contribution in [0.25, 0.3) is 0 Å². The standard InChI is InChI=1S/C23H21Cl2F2N3OS/c1-12(29-22(31)15-6-7-15)13-2-4-14(5-3-13)19-10-23(11-28,32-30-19)17-8-16(24)9-18(25)20(17)21(26)27/h2-5,8-9,11-12,15,21,28H,6-7,10H2,1H3,(H,29,31)/t12-,23+/m0/s1. The quantitative estimate of drug-likeness (QED) is 0.323. The fourth-order valence-electron chi connectivity index (χ4n) is 3.79. The fourth-order valence-corrected chi connectivity index (χ4v) is 5.33. The molecule has 4 nitrogen and oxygen atoms in total. The summed E-state index contributed by atoms with van der Waals surface area (Å²) in [6.45, 7) is 1.94. The van der Waals surface area contributed by atoms with E-state index in [-0.39, 0.29) is 45.5 Å². The van der Waals surface area contributed by atoms with Gasteiger partial charge < -0.3 is 10.7 Å². The SMILES string of the molecule is C[C@H](NC(=O)C1CC1)c1ccc(C2=NS[C@](C=N)(c3cc(Cl)cc(Cl)c3C(F)F)C2)cc1. The van der Waals surface area contributed by atoms with E-state index < -0.39 is 11.2 Å². The third kappa shape index (κ3) is 4.56. The summed E-state index contributed by atoms with van der Waals surface area (Å²) >= 11 is 13.2. The van der Waals surface area contributed by atoms with Gasteiger partial charge in [-0.25, -0.2) is 13.2 Å². The lowest BCUT2D eigenvalue weighted by atomic mass is 9.88. The van der Waals surface area contributed by atoms with Crippen LogP contribution in [-0.4, -0.2) is 17.8 Å². The summed E-state index contributed by atoms with van der Waals surface area (Å²) < 4.78 is 31.0. The third-order valence-corrected chi connectivity index (χ3v) is 7.45. The van der Waals surface area contributed by atoms with Crippen molar-refractivity contribution in [2.24, 2.45) is 10.3 Å². The number of nitrogens with one attached hydrogen (secondary N) is 2. The van der Waals surface area contributed by atoms with E-state index in [0.717, 1.165) is 42.1 Å². The number of hydrogen-bond acceptors (Lipinski definition) is 4. The van der Waals surface area contributed by atoms with Crippen molar-refractivity contribution in [3.63, 3.8) is 0 Å². The van der Waals surface area contributed by atoms with Crippen LogP contribution in [0, 0.1) is 11.3 Å². The minimum absolute atomic E-state index is 0.0870. The first-order valence-electron chi connectivity index (χ1n) is 10.2. The molecule has 1 aliphatic carbocycles. The number of halogens is 4. The number of nitrogens with zero attached hydrogens (tertiary/aromatic N) is 1. The first-order chi connectivity index (χ1) is 15.2. The molecule has 9 heteroatoms. The number of hydrogen-bond donors (Lipinski definition) is 2. The van der Waals surface area contributed by atoms with Crippen molar-refractivity contribution in [2.45, 2.75) is 43.4 Å². The summed E-state index contributed by atoms with van der Waals surface area (Å²) in [7, 11) is 0. The molecule has 2 aromatic carbocycles. The molecule has 1 saturated carbocycles. The lowest BCUT2D eigenvalue weighted by Gasteiger charge is -2.26. The lowest BCUT2D eigenvalue weighted by Crippen LogP contribution is -2.27. The van der Waals surface area contributed by atoms with Crippen LogP contribution < -0.4 is 5.32 Å². The molecule has 1 aliphatic heterocycles. The number of carbonyl (C=O) groups excluding carboxylic acids is 1. The summed E-state index contributed by atoms with van der Waals surface area (Å²) in [4.78, 5) is 12.0. The van der Waals surface area contributed by atoms with Crippen molar-refractivity contribution in [2.75, 3.05) is 0 Å². The summed E-state index contributed by atoms with van der Waals surface area (Å²) in [6.07, 6.45) is 0.489. The molecule has 0 saturated heterocycles. The van der Waals surface area contributed by atoms with Crippen molar-refractivity contribution in [3.8, 4) is 0 Å². The molecule has 0 bridgehead atoms. The molecule has 168 valence electrons. The Hall–Kier alpha value is -1.96. The molecular formula is C23H21Cl2F2N3OS. The molecule has 4 rings (SSSR count). The van der Waals surface area contributed by atoms with E-state index >= 15 is 0 Å². The van der Waals surface area contributed by atoms with Crippen LogP contribution in [-0.2, 0) is 9.54 Å². The maximum Gasteiger partial charge on any atom is 0.265 e. The van der Waals surface area contributed by atoms with Gasteiger partial charge in [-0.1, -0.05) is 47.5 Å². The molecule has 2 atom stereocenters. The minimum atomic E-state index is -2.80. The average Bonchev–Trinajstić information content (AvgIpc) is 3.52. The van der Waals surface area contributed by atoms with Gasteiger partial charge >= 0.3 is 0 Å². The largest absolute Gasteiger partial charge is 0.349 e. The van der Waals surface area contributed by atoms with E-state index in [4.69, 9.17) is 28.6 Å². The topological polar surface area (TPSA) is 65.3 Å². The Labute approximate surface area is 199 Å². The average molecular weight is 496 g/mol. The molecule has 0 radical (unpaired) electrons. The zero-order chi connectivity index (χ0) is 23.0. The van der Waals surface area contributed by atoms with Gasteiger partial charge in [0.1, 0.15) is 4.75 Å². The van der Waals surface area contributed by atoms with Gasteiger partial charge in [-0.3, -0.25) is 4.79 Å². The van der Waals surface area contributed by atoms with E-state index in [9.17, 15) is 13.6 Å². The second-order valence-corrected chi connectivity index (χ2v) is 10.1. The molecule has 1 heterocycles. The second kappa shape index (κ2) is 9.12. The molecule has 1 amide bonds. The maximum absolute atomic E-state index is 13.8. The molecule has 32 heavy (non-hydrogen) atoms. The molecule has 1 fully saturated rings. The van der Waals surface area contributed by atoms with E-state index in [1.165, 1.54) is 12.1 Å². The Morgan fingerprint density at radius 1 is 1.28 bits per heavy atom. The smallest absolute Gasteiger partial charge is 0.265 e. The first-order valence-corrected chi connectivity index (χ1v) is 11.7. The van der Waals surface area contributed by atoms with Gasteiger partial charge in [0.15, 0.2) is 0 Å². The van der Waals surface area contributed by atoms with Gasteiger partial charge in [0, 0.05) is 29.1 Å². The summed E-state index contributed by atoms with van der Waals surface area (Å²) in [5, 5.41) is 11.2. The summed E-state index contributed by atoms with van der Waals surface area (Å²) in [5.74, 6) is 0.234. The number of alkyl halides is 2. The minimum Gasteiger partial charge on any atom is -0.349 e. The zero-order valence-corrected chi connectivity index (χ0v) is 19.5. The Morgan fingerprint density at radius 3 is 2.56 bits per heavy atom. The van der Waals surface area contributed by atoms with Crippen molar-refractivity contribution in [1.29, 1.82) is 5.41 Å². The van der Waals surface area contributed by atoms with E-state index in [2.05, 4.69) is 9.71 Å². The third-order valence-electron chi connectivity index (χ3n) is 5.80. The Morgan fingerprint density at radius 2 is 1.97 bits per heavy atom. The van der Waals surface area contributed by atoms with Crippen LogP contribution in [0.1, 0.15) is 60.9 Å². The van der Waals surface area contributed by atoms with E-state index in [1.54, 1.807) is 0 Å². The highest BCUT2D eigenvalue weighted by atomic mass is 35.5. The highest BCUT2D eigenvalue weighted by Gasteiger charge is 2.42.